The largest absolute Gasteiger partial charge is 0.311 e. The first kappa shape index (κ1) is 34.1. The Balaban J connectivity index is 0.974. The lowest BCUT2D eigenvalue weighted by molar-refractivity contribution is 1.21. The number of rotatable bonds is 8. The first-order valence-corrected chi connectivity index (χ1v) is 19.6. The van der Waals surface area contributed by atoms with Crippen molar-refractivity contribution in [3.8, 4) is 44.5 Å². The van der Waals surface area contributed by atoms with Gasteiger partial charge < -0.3 is 9.80 Å². The molecule has 2 nitrogen and oxygen atoms in total. The third-order valence-corrected chi connectivity index (χ3v) is 11.1. The Bertz CT molecular complexity index is 2500. The molecule has 1 aliphatic rings. The summed E-state index contributed by atoms with van der Waals surface area (Å²) in [5.74, 6) is 0. The van der Waals surface area contributed by atoms with Crippen molar-refractivity contribution in [1.29, 1.82) is 0 Å². The second-order valence-electron chi connectivity index (χ2n) is 14.6. The Morgan fingerprint density at radius 3 is 0.842 bits per heavy atom. The van der Waals surface area contributed by atoms with Crippen molar-refractivity contribution < 1.29 is 0 Å². The molecule has 0 spiro atoms. The molecule has 0 heterocycles. The van der Waals surface area contributed by atoms with E-state index in [0.717, 1.165) is 40.5 Å². The van der Waals surface area contributed by atoms with E-state index in [9.17, 15) is 0 Å². The molecule has 0 N–H and O–H groups in total. The van der Waals surface area contributed by atoms with Crippen LogP contribution in [0.3, 0.4) is 0 Å². The summed E-state index contributed by atoms with van der Waals surface area (Å²) in [6.07, 6.45) is 0.879. The summed E-state index contributed by atoms with van der Waals surface area (Å²) in [5.41, 5.74) is 19.5. The molecule has 0 atom stereocenters. The van der Waals surface area contributed by atoms with E-state index in [1.165, 1.54) is 55.6 Å². The second-order valence-corrected chi connectivity index (χ2v) is 14.6. The Hall–Kier alpha value is -7.42. The topological polar surface area (TPSA) is 6.48 Å². The summed E-state index contributed by atoms with van der Waals surface area (Å²) in [7, 11) is 0. The summed E-state index contributed by atoms with van der Waals surface area (Å²) < 4.78 is 0. The zero-order chi connectivity index (χ0) is 38.0. The molecule has 9 aromatic carbocycles. The molecule has 9 aromatic rings. The number of fused-ring (bicyclic) bond motifs is 5. The van der Waals surface area contributed by atoms with Crippen LogP contribution >= 0.6 is 0 Å². The number of para-hydroxylation sites is 4. The van der Waals surface area contributed by atoms with Gasteiger partial charge in [-0.1, -0.05) is 146 Å². The molecule has 0 saturated carbocycles. The van der Waals surface area contributed by atoms with Crippen LogP contribution in [-0.2, 0) is 6.42 Å². The van der Waals surface area contributed by atoms with Crippen molar-refractivity contribution in [3.05, 3.63) is 242 Å². The number of hydrogen-bond acceptors (Lipinski definition) is 2. The van der Waals surface area contributed by atoms with Crippen LogP contribution in [0, 0.1) is 0 Å². The van der Waals surface area contributed by atoms with Crippen LogP contribution in [0.25, 0.3) is 44.5 Å². The first-order valence-electron chi connectivity index (χ1n) is 19.6. The molecule has 0 saturated heterocycles. The zero-order valence-electron chi connectivity index (χ0n) is 31.5. The van der Waals surface area contributed by atoms with Crippen LogP contribution < -0.4 is 9.80 Å². The third kappa shape index (κ3) is 6.68. The fourth-order valence-corrected chi connectivity index (χ4v) is 8.29. The van der Waals surface area contributed by atoms with Gasteiger partial charge in [-0.2, -0.15) is 0 Å². The van der Waals surface area contributed by atoms with E-state index in [1.54, 1.807) is 0 Å². The van der Waals surface area contributed by atoms with Crippen LogP contribution in [0.15, 0.2) is 231 Å². The molecular weight excluding hydrogens is 689 g/mol. The van der Waals surface area contributed by atoms with E-state index in [2.05, 4.69) is 240 Å². The number of anilines is 6. The first-order chi connectivity index (χ1) is 28.3. The fourth-order valence-electron chi connectivity index (χ4n) is 8.29. The van der Waals surface area contributed by atoms with Crippen LogP contribution in [-0.4, -0.2) is 0 Å². The summed E-state index contributed by atoms with van der Waals surface area (Å²) in [5, 5.41) is 0. The van der Waals surface area contributed by atoms with Crippen molar-refractivity contribution in [2.45, 2.75) is 6.42 Å². The van der Waals surface area contributed by atoms with Gasteiger partial charge in [0.25, 0.3) is 0 Å². The third-order valence-electron chi connectivity index (χ3n) is 11.1. The van der Waals surface area contributed by atoms with Crippen LogP contribution in [0.5, 0.6) is 0 Å². The molecule has 0 fully saturated rings. The maximum atomic E-state index is 2.39. The fraction of sp³-hybridized carbons (Fsp3) is 0.0182. The van der Waals surface area contributed by atoms with E-state index in [0.29, 0.717) is 0 Å². The quantitative estimate of drug-likeness (QED) is 0.154. The molecule has 0 radical (unpaired) electrons. The maximum Gasteiger partial charge on any atom is 0.0462 e. The van der Waals surface area contributed by atoms with E-state index >= 15 is 0 Å². The molecule has 0 bridgehead atoms. The van der Waals surface area contributed by atoms with Gasteiger partial charge in [-0.05, 0) is 147 Å². The van der Waals surface area contributed by atoms with Crippen molar-refractivity contribution in [2.75, 3.05) is 9.80 Å². The molecule has 0 unspecified atom stereocenters. The van der Waals surface area contributed by atoms with Gasteiger partial charge in [-0.3, -0.25) is 0 Å². The highest BCUT2D eigenvalue weighted by Gasteiger charge is 2.21. The molecule has 0 aliphatic heterocycles. The van der Waals surface area contributed by atoms with Crippen molar-refractivity contribution in [2.24, 2.45) is 0 Å². The van der Waals surface area contributed by atoms with Crippen LogP contribution in [0.4, 0.5) is 34.1 Å². The highest BCUT2D eigenvalue weighted by atomic mass is 15.1. The van der Waals surface area contributed by atoms with Gasteiger partial charge >= 0.3 is 0 Å². The highest BCUT2D eigenvalue weighted by molar-refractivity contribution is 5.92. The van der Waals surface area contributed by atoms with E-state index in [-0.39, 0.29) is 0 Å². The van der Waals surface area contributed by atoms with Gasteiger partial charge in [0.15, 0.2) is 0 Å². The van der Waals surface area contributed by atoms with Crippen molar-refractivity contribution in [1.82, 2.24) is 0 Å². The van der Waals surface area contributed by atoms with Crippen LogP contribution in [0.1, 0.15) is 11.1 Å². The molecule has 57 heavy (non-hydrogen) atoms. The summed E-state index contributed by atoms with van der Waals surface area (Å²) in [4.78, 5) is 4.61. The molecule has 270 valence electrons. The molecule has 2 heteroatoms. The van der Waals surface area contributed by atoms with E-state index in [1.807, 2.05) is 0 Å². The van der Waals surface area contributed by atoms with Crippen LogP contribution in [0.2, 0.25) is 0 Å². The van der Waals surface area contributed by atoms with Crippen molar-refractivity contribution >= 4 is 34.1 Å². The Morgan fingerprint density at radius 1 is 0.228 bits per heavy atom. The second kappa shape index (κ2) is 15.0. The zero-order valence-corrected chi connectivity index (χ0v) is 31.5. The molecule has 0 amide bonds. The van der Waals surface area contributed by atoms with Gasteiger partial charge in [0.2, 0.25) is 0 Å². The van der Waals surface area contributed by atoms with E-state index < -0.39 is 0 Å². The number of benzene rings is 9. The standard InChI is InChI=1S/C55H40N2/c1-5-15-46(16-6-1)56(47-17-7-2-8-18-47)50-33-29-40(30-34-50)42-25-27-44-37-45-28-26-43(39-55(45)53-24-14-13-23-52(53)54(44)38-42)41-31-35-51(36-32-41)57(48-19-9-3-10-20-48)49-21-11-4-12-22-49/h1-36,38-39H,37H2. The molecule has 1 aliphatic carbocycles. The monoisotopic (exact) mass is 728 g/mol. The SMILES string of the molecule is c1ccc(N(c2ccccc2)c2ccc(-c3ccc4c(c3)-c3ccccc3-c3cc(-c5ccc(N(c6ccccc6)c6ccccc6)cc5)ccc3C4)cc2)cc1. The predicted molar refractivity (Wildman–Crippen MR) is 240 cm³/mol. The van der Waals surface area contributed by atoms with Gasteiger partial charge in [0.1, 0.15) is 0 Å². The molecule has 0 aromatic heterocycles. The predicted octanol–water partition coefficient (Wildman–Crippen LogP) is 15.2. The van der Waals surface area contributed by atoms with Gasteiger partial charge in [-0.25, -0.2) is 0 Å². The minimum Gasteiger partial charge on any atom is -0.311 e. The lowest BCUT2D eigenvalue weighted by Crippen LogP contribution is -2.09. The average Bonchev–Trinajstić information content (AvgIpc) is 3.42. The Labute approximate surface area is 335 Å². The highest BCUT2D eigenvalue weighted by Crippen LogP contribution is 2.44. The van der Waals surface area contributed by atoms with Gasteiger partial charge in [0.05, 0.1) is 0 Å². The normalized spacial score (nSPS) is 11.4. The minimum absolute atomic E-state index is 0.879. The van der Waals surface area contributed by atoms with E-state index in [4.69, 9.17) is 0 Å². The Kier molecular flexibility index (Phi) is 8.98. The maximum absolute atomic E-state index is 2.39. The minimum atomic E-state index is 0.879. The average molecular weight is 729 g/mol. The summed E-state index contributed by atoms with van der Waals surface area (Å²) >= 11 is 0. The van der Waals surface area contributed by atoms with Gasteiger partial charge in [-0.15, -0.1) is 0 Å². The van der Waals surface area contributed by atoms with Gasteiger partial charge in [0, 0.05) is 34.1 Å². The summed E-state index contributed by atoms with van der Waals surface area (Å²) in [6, 6.07) is 83.2. The molecule has 10 rings (SSSR count). The summed E-state index contributed by atoms with van der Waals surface area (Å²) in [6.45, 7) is 0. The lowest BCUT2D eigenvalue weighted by Gasteiger charge is -2.25. The lowest BCUT2D eigenvalue weighted by atomic mass is 9.91. The number of nitrogens with zero attached hydrogens (tertiary/aromatic N) is 2. The number of hydrogen-bond donors (Lipinski definition) is 0. The smallest absolute Gasteiger partial charge is 0.0462 e. The molecular formula is C55H40N2. The Morgan fingerprint density at radius 2 is 0.509 bits per heavy atom. The van der Waals surface area contributed by atoms with Crippen molar-refractivity contribution in [3.63, 3.8) is 0 Å².